The van der Waals surface area contributed by atoms with Crippen LogP contribution < -0.4 is 5.73 Å². The number of amides is 2. The number of benzene rings is 1. The molecule has 2 saturated heterocycles. The third kappa shape index (κ3) is 4.19. The lowest BCUT2D eigenvalue weighted by molar-refractivity contribution is -0.142. The third-order valence-electron chi connectivity index (χ3n) is 5.32. The lowest BCUT2D eigenvalue weighted by Crippen LogP contribution is -2.53. The van der Waals surface area contributed by atoms with Gasteiger partial charge in [0.05, 0.1) is 5.92 Å². The van der Waals surface area contributed by atoms with Crippen molar-refractivity contribution >= 4 is 11.8 Å². The SMILES string of the molecule is CN1CCN(C(=O)[C@H]2CCCN(C(=O)[C@@H](N)c3ccccc3)C2)CC1. The van der Waals surface area contributed by atoms with Crippen LogP contribution in [0.3, 0.4) is 0 Å². The van der Waals surface area contributed by atoms with Gasteiger partial charge in [0, 0.05) is 39.3 Å². The number of piperazine rings is 1. The van der Waals surface area contributed by atoms with Crippen molar-refractivity contribution in [2.45, 2.75) is 18.9 Å². The molecule has 1 aromatic carbocycles. The van der Waals surface area contributed by atoms with Gasteiger partial charge in [0.15, 0.2) is 0 Å². The zero-order valence-corrected chi connectivity index (χ0v) is 14.9. The molecule has 0 saturated carbocycles. The number of piperidine rings is 1. The highest BCUT2D eigenvalue weighted by atomic mass is 16.2. The van der Waals surface area contributed by atoms with Gasteiger partial charge in [-0.15, -0.1) is 0 Å². The molecule has 6 nitrogen and oxygen atoms in total. The van der Waals surface area contributed by atoms with E-state index in [9.17, 15) is 9.59 Å². The van der Waals surface area contributed by atoms with Crippen molar-refractivity contribution in [2.24, 2.45) is 11.7 Å². The van der Waals surface area contributed by atoms with Gasteiger partial charge in [-0.25, -0.2) is 0 Å². The summed E-state index contributed by atoms with van der Waals surface area (Å²) in [6.45, 7) is 4.57. The normalized spacial score (nSPS) is 23.4. The van der Waals surface area contributed by atoms with Crippen LogP contribution in [0.25, 0.3) is 0 Å². The topological polar surface area (TPSA) is 69.9 Å². The Morgan fingerprint density at radius 3 is 2.40 bits per heavy atom. The van der Waals surface area contributed by atoms with Crippen LogP contribution in [0.2, 0.25) is 0 Å². The molecule has 0 unspecified atom stereocenters. The van der Waals surface area contributed by atoms with Crippen LogP contribution in [0.4, 0.5) is 0 Å². The molecule has 2 aliphatic rings. The molecule has 25 heavy (non-hydrogen) atoms. The summed E-state index contributed by atoms with van der Waals surface area (Å²) in [7, 11) is 2.08. The highest BCUT2D eigenvalue weighted by Crippen LogP contribution is 2.22. The summed E-state index contributed by atoms with van der Waals surface area (Å²) in [5.74, 6) is 0.0186. The molecule has 3 rings (SSSR count). The van der Waals surface area contributed by atoms with E-state index in [1.165, 1.54) is 0 Å². The highest BCUT2D eigenvalue weighted by molar-refractivity contribution is 5.85. The maximum absolute atomic E-state index is 12.8. The second-order valence-corrected chi connectivity index (χ2v) is 7.14. The third-order valence-corrected chi connectivity index (χ3v) is 5.32. The molecule has 136 valence electrons. The molecule has 1 aromatic rings. The second-order valence-electron chi connectivity index (χ2n) is 7.14. The molecule has 0 aromatic heterocycles. The lowest BCUT2D eigenvalue weighted by atomic mass is 9.95. The fourth-order valence-electron chi connectivity index (χ4n) is 3.66. The summed E-state index contributed by atoms with van der Waals surface area (Å²) in [5, 5.41) is 0. The summed E-state index contributed by atoms with van der Waals surface area (Å²) in [6.07, 6.45) is 1.72. The van der Waals surface area contributed by atoms with Gasteiger partial charge < -0.3 is 20.4 Å². The van der Waals surface area contributed by atoms with Crippen LogP contribution in [0.1, 0.15) is 24.4 Å². The molecule has 0 bridgehead atoms. The Balaban J connectivity index is 1.60. The predicted octanol–water partition coefficient (Wildman–Crippen LogP) is 0.699. The highest BCUT2D eigenvalue weighted by Gasteiger charge is 2.33. The smallest absolute Gasteiger partial charge is 0.244 e. The van der Waals surface area contributed by atoms with Gasteiger partial charge in [-0.1, -0.05) is 30.3 Å². The van der Waals surface area contributed by atoms with E-state index in [-0.39, 0.29) is 17.7 Å². The maximum Gasteiger partial charge on any atom is 0.244 e. The average Bonchev–Trinajstić information content (AvgIpc) is 2.67. The molecular formula is C19H28N4O2. The van der Waals surface area contributed by atoms with Gasteiger partial charge in [-0.05, 0) is 25.5 Å². The van der Waals surface area contributed by atoms with Crippen molar-refractivity contribution < 1.29 is 9.59 Å². The van der Waals surface area contributed by atoms with Gasteiger partial charge in [0.2, 0.25) is 11.8 Å². The second kappa shape index (κ2) is 7.97. The molecule has 2 N–H and O–H groups in total. The first kappa shape index (κ1) is 17.9. The van der Waals surface area contributed by atoms with Crippen molar-refractivity contribution in [2.75, 3.05) is 46.3 Å². The minimum atomic E-state index is -0.654. The van der Waals surface area contributed by atoms with E-state index < -0.39 is 6.04 Å². The molecular weight excluding hydrogens is 316 g/mol. The Kier molecular flexibility index (Phi) is 5.71. The number of nitrogens with zero attached hydrogens (tertiary/aromatic N) is 3. The molecule has 0 radical (unpaired) electrons. The number of likely N-dealkylation sites (tertiary alicyclic amines) is 1. The van der Waals surface area contributed by atoms with Gasteiger partial charge in [0.1, 0.15) is 6.04 Å². The molecule has 2 aliphatic heterocycles. The van der Waals surface area contributed by atoms with Gasteiger partial charge in [0.25, 0.3) is 0 Å². The average molecular weight is 344 g/mol. The summed E-state index contributed by atoms with van der Waals surface area (Å²) in [5.41, 5.74) is 6.98. The van der Waals surface area contributed by atoms with E-state index in [2.05, 4.69) is 11.9 Å². The van der Waals surface area contributed by atoms with E-state index in [1.807, 2.05) is 35.2 Å². The molecule has 0 aliphatic carbocycles. The summed E-state index contributed by atoms with van der Waals surface area (Å²) in [4.78, 5) is 31.5. The van der Waals surface area contributed by atoms with Gasteiger partial charge >= 0.3 is 0 Å². The standard InChI is InChI=1S/C19H28N4O2/c1-21-10-12-22(13-11-21)18(24)16-8-5-9-23(14-16)19(25)17(20)15-6-3-2-4-7-15/h2-4,6-7,16-17H,5,8-14,20H2,1H3/t16-,17-/m0/s1. The molecule has 2 fully saturated rings. The predicted molar refractivity (Wildman–Crippen MR) is 96.8 cm³/mol. The monoisotopic (exact) mass is 344 g/mol. The maximum atomic E-state index is 12.8. The summed E-state index contributed by atoms with van der Waals surface area (Å²) >= 11 is 0. The Hall–Kier alpha value is -1.92. The number of rotatable bonds is 3. The van der Waals surface area contributed by atoms with E-state index in [1.54, 1.807) is 4.90 Å². The first-order valence-electron chi connectivity index (χ1n) is 9.13. The van der Waals surface area contributed by atoms with Crippen LogP contribution >= 0.6 is 0 Å². The van der Waals surface area contributed by atoms with E-state index in [0.29, 0.717) is 13.1 Å². The van der Waals surface area contributed by atoms with Crippen molar-refractivity contribution in [3.8, 4) is 0 Å². The molecule has 6 heteroatoms. The van der Waals surface area contributed by atoms with Crippen molar-refractivity contribution in [3.05, 3.63) is 35.9 Å². The Morgan fingerprint density at radius 1 is 1.04 bits per heavy atom. The van der Waals surface area contributed by atoms with Crippen LogP contribution in [0.15, 0.2) is 30.3 Å². The number of hydrogen-bond acceptors (Lipinski definition) is 4. The fraction of sp³-hybridized carbons (Fsp3) is 0.579. The number of carbonyl (C=O) groups excluding carboxylic acids is 2. The van der Waals surface area contributed by atoms with Crippen molar-refractivity contribution in [1.82, 2.24) is 14.7 Å². The van der Waals surface area contributed by atoms with Crippen LogP contribution in [-0.2, 0) is 9.59 Å². The first-order chi connectivity index (χ1) is 12.1. The largest absolute Gasteiger partial charge is 0.340 e. The van der Waals surface area contributed by atoms with Crippen molar-refractivity contribution in [3.63, 3.8) is 0 Å². The molecule has 2 heterocycles. The number of likely N-dealkylation sites (N-methyl/N-ethyl adjacent to an activating group) is 1. The van der Waals surface area contributed by atoms with E-state index in [0.717, 1.165) is 44.6 Å². The zero-order valence-electron chi connectivity index (χ0n) is 14.9. The van der Waals surface area contributed by atoms with E-state index in [4.69, 9.17) is 5.73 Å². The summed E-state index contributed by atoms with van der Waals surface area (Å²) < 4.78 is 0. The molecule has 0 spiro atoms. The molecule has 2 atom stereocenters. The quantitative estimate of drug-likeness (QED) is 0.876. The molecule has 2 amide bonds. The Morgan fingerprint density at radius 2 is 1.72 bits per heavy atom. The Bertz CT molecular complexity index is 599. The minimum Gasteiger partial charge on any atom is -0.340 e. The van der Waals surface area contributed by atoms with Gasteiger partial charge in [-0.2, -0.15) is 0 Å². The Labute approximate surface area is 149 Å². The fourth-order valence-corrected chi connectivity index (χ4v) is 3.66. The first-order valence-corrected chi connectivity index (χ1v) is 9.13. The van der Waals surface area contributed by atoms with E-state index >= 15 is 0 Å². The lowest BCUT2D eigenvalue weighted by Gasteiger charge is -2.38. The van der Waals surface area contributed by atoms with Crippen molar-refractivity contribution in [1.29, 1.82) is 0 Å². The number of carbonyl (C=O) groups is 2. The zero-order chi connectivity index (χ0) is 17.8. The van der Waals surface area contributed by atoms with Crippen LogP contribution in [0.5, 0.6) is 0 Å². The van der Waals surface area contributed by atoms with Crippen LogP contribution in [0, 0.1) is 5.92 Å². The number of nitrogens with two attached hydrogens (primary N) is 1. The minimum absolute atomic E-state index is 0.0814. The number of hydrogen-bond donors (Lipinski definition) is 1. The van der Waals surface area contributed by atoms with Crippen LogP contribution in [-0.4, -0.2) is 72.8 Å². The van der Waals surface area contributed by atoms with Gasteiger partial charge in [-0.3, -0.25) is 9.59 Å². The summed E-state index contributed by atoms with van der Waals surface area (Å²) in [6, 6.07) is 8.78.